The minimum Gasteiger partial charge on any atom is -0.476 e. The van der Waals surface area contributed by atoms with Crippen LogP contribution in [0.15, 0.2) is 10.7 Å². The molecule has 20 heavy (non-hydrogen) atoms. The lowest BCUT2D eigenvalue weighted by atomic mass is 10.2. The van der Waals surface area contributed by atoms with Gasteiger partial charge in [-0.15, -0.1) is 0 Å². The first kappa shape index (κ1) is 14.4. The molecule has 0 saturated carbocycles. The predicted octanol–water partition coefficient (Wildman–Crippen LogP) is 2.44. The molecule has 1 fully saturated rings. The number of ether oxygens (including phenoxy) is 1. The first-order valence-corrected chi connectivity index (χ1v) is 6.46. The highest BCUT2D eigenvalue weighted by molar-refractivity contribution is 5.84. The van der Waals surface area contributed by atoms with Crippen LogP contribution in [0.5, 0.6) is 0 Å². The number of rotatable bonds is 2. The minimum absolute atomic E-state index is 0.156. The van der Waals surface area contributed by atoms with Crippen LogP contribution in [0, 0.1) is 0 Å². The number of nitrogens with zero attached hydrogens (tertiary/aromatic N) is 2. The maximum Gasteiger partial charge on any atom is 0.410 e. The molecule has 7 heteroatoms. The Hall–Kier alpha value is -2.05. The van der Waals surface area contributed by atoms with E-state index in [0.717, 1.165) is 12.7 Å². The van der Waals surface area contributed by atoms with Gasteiger partial charge in [-0.3, -0.25) is 4.90 Å². The molecule has 1 aromatic rings. The van der Waals surface area contributed by atoms with E-state index in [2.05, 4.69) is 4.98 Å². The summed E-state index contributed by atoms with van der Waals surface area (Å²) in [5, 5.41) is 8.84. The SMILES string of the molecule is CC(C)(C)OC(=O)N1CCC[C@H]1c1nc(C(=O)O)co1. The minimum atomic E-state index is -1.15. The summed E-state index contributed by atoms with van der Waals surface area (Å²) in [6, 6.07) is -0.363. The number of carboxylic acid groups (broad SMARTS) is 1. The lowest BCUT2D eigenvalue weighted by Crippen LogP contribution is -2.36. The summed E-state index contributed by atoms with van der Waals surface area (Å²) in [7, 11) is 0. The highest BCUT2D eigenvalue weighted by atomic mass is 16.6. The number of carboxylic acids is 1. The molecule has 1 aliphatic rings. The van der Waals surface area contributed by atoms with Gasteiger partial charge in [0.15, 0.2) is 5.69 Å². The zero-order valence-electron chi connectivity index (χ0n) is 11.8. The number of hydrogen-bond acceptors (Lipinski definition) is 5. The van der Waals surface area contributed by atoms with E-state index in [9.17, 15) is 9.59 Å². The quantitative estimate of drug-likeness (QED) is 0.895. The number of hydrogen-bond donors (Lipinski definition) is 1. The summed E-state index contributed by atoms with van der Waals surface area (Å²) >= 11 is 0. The van der Waals surface area contributed by atoms with Crippen molar-refractivity contribution in [2.45, 2.75) is 45.3 Å². The maximum absolute atomic E-state index is 12.1. The monoisotopic (exact) mass is 282 g/mol. The first-order valence-electron chi connectivity index (χ1n) is 6.46. The summed E-state index contributed by atoms with van der Waals surface area (Å²) in [6.45, 7) is 5.93. The number of carbonyl (C=O) groups excluding carboxylic acids is 1. The topological polar surface area (TPSA) is 92.9 Å². The number of carbonyl (C=O) groups is 2. The van der Waals surface area contributed by atoms with Crippen molar-refractivity contribution in [2.75, 3.05) is 6.54 Å². The summed E-state index contributed by atoms with van der Waals surface area (Å²) in [4.78, 5) is 28.3. The predicted molar refractivity (Wildman–Crippen MR) is 68.4 cm³/mol. The number of oxazole rings is 1. The molecule has 0 aromatic carbocycles. The zero-order valence-corrected chi connectivity index (χ0v) is 11.8. The van der Waals surface area contributed by atoms with Gasteiger partial charge in [-0.1, -0.05) is 0 Å². The van der Waals surface area contributed by atoms with Crippen LogP contribution >= 0.6 is 0 Å². The van der Waals surface area contributed by atoms with Gasteiger partial charge in [0, 0.05) is 6.54 Å². The van der Waals surface area contributed by atoms with Crippen LogP contribution in [0.4, 0.5) is 4.79 Å². The Morgan fingerprint density at radius 3 is 2.75 bits per heavy atom. The fourth-order valence-electron chi connectivity index (χ4n) is 2.10. The van der Waals surface area contributed by atoms with Crippen molar-refractivity contribution in [3.05, 3.63) is 17.8 Å². The summed E-state index contributed by atoms with van der Waals surface area (Å²) in [5.74, 6) is -0.910. The Morgan fingerprint density at radius 2 is 2.20 bits per heavy atom. The van der Waals surface area contributed by atoms with E-state index in [1.54, 1.807) is 20.8 Å². The highest BCUT2D eigenvalue weighted by Crippen LogP contribution is 2.32. The average Bonchev–Trinajstić information content (AvgIpc) is 2.95. The summed E-state index contributed by atoms with van der Waals surface area (Å²) in [6.07, 6.45) is 2.13. The standard InChI is InChI=1S/C13H18N2O5/c1-13(2,3)20-12(18)15-6-4-5-9(15)10-14-8(7-19-10)11(16)17/h7,9H,4-6H2,1-3H3,(H,16,17)/t9-/m0/s1. The fourth-order valence-corrected chi connectivity index (χ4v) is 2.10. The molecule has 1 N–H and O–H groups in total. The normalized spacial score (nSPS) is 19.1. The van der Waals surface area contributed by atoms with Crippen LogP contribution in [0.25, 0.3) is 0 Å². The van der Waals surface area contributed by atoms with Gasteiger partial charge in [-0.25, -0.2) is 14.6 Å². The molecule has 0 unspecified atom stereocenters. The van der Waals surface area contributed by atoms with E-state index in [1.165, 1.54) is 4.90 Å². The van der Waals surface area contributed by atoms with E-state index in [4.69, 9.17) is 14.3 Å². The van der Waals surface area contributed by atoms with E-state index in [0.29, 0.717) is 13.0 Å². The molecule has 7 nitrogen and oxygen atoms in total. The van der Waals surface area contributed by atoms with Crippen LogP contribution in [-0.4, -0.2) is 39.2 Å². The van der Waals surface area contributed by atoms with Crippen LogP contribution < -0.4 is 0 Å². The Labute approximate surface area is 116 Å². The molecular formula is C13H18N2O5. The Bertz CT molecular complexity index is 517. The van der Waals surface area contributed by atoms with E-state index >= 15 is 0 Å². The molecule has 0 bridgehead atoms. The number of aromatic nitrogens is 1. The molecular weight excluding hydrogens is 264 g/mol. The van der Waals surface area contributed by atoms with Gasteiger partial charge in [0.1, 0.15) is 17.9 Å². The molecule has 0 spiro atoms. The lowest BCUT2D eigenvalue weighted by molar-refractivity contribution is 0.0204. The largest absolute Gasteiger partial charge is 0.476 e. The Balaban J connectivity index is 2.14. The third kappa shape index (κ3) is 3.09. The van der Waals surface area contributed by atoms with Crippen molar-refractivity contribution in [1.29, 1.82) is 0 Å². The van der Waals surface area contributed by atoms with Crippen molar-refractivity contribution >= 4 is 12.1 Å². The van der Waals surface area contributed by atoms with Gasteiger partial charge in [-0.2, -0.15) is 0 Å². The van der Waals surface area contributed by atoms with Crippen molar-refractivity contribution in [1.82, 2.24) is 9.88 Å². The lowest BCUT2D eigenvalue weighted by Gasteiger charge is -2.27. The van der Waals surface area contributed by atoms with Gasteiger partial charge in [-0.05, 0) is 33.6 Å². The maximum atomic E-state index is 12.1. The van der Waals surface area contributed by atoms with Crippen molar-refractivity contribution in [3.63, 3.8) is 0 Å². The number of aromatic carboxylic acids is 1. The van der Waals surface area contributed by atoms with Gasteiger partial charge in [0.2, 0.25) is 5.89 Å². The van der Waals surface area contributed by atoms with Crippen molar-refractivity contribution in [2.24, 2.45) is 0 Å². The molecule has 1 aliphatic heterocycles. The third-order valence-corrected chi connectivity index (χ3v) is 2.91. The van der Waals surface area contributed by atoms with Crippen molar-refractivity contribution < 1.29 is 23.8 Å². The molecule has 2 rings (SSSR count). The molecule has 110 valence electrons. The second-order valence-corrected chi connectivity index (χ2v) is 5.71. The molecule has 1 aromatic heterocycles. The third-order valence-electron chi connectivity index (χ3n) is 2.91. The number of likely N-dealkylation sites (tertiary alicyclic amines) is 1. The Morgan fingerprint density at radius 1 is 1.50 bits per heavy atom. The van der Waals surface area contributed by atoms with E-state index < -0.39 is 17.7 Å². The summed E-state index contributed by atoms with van der Waals surface area (Å²) < 4.78 is 10.5. The molecule has 1 amide bonds. The van der Waals surface area contributed by atoms with Crippen LogP contribution in [0.2, 0.25) is 0 Å². The van der Waals surface area contributed by atoms with Crippen LogP contribution in [0.1, 0.15) is 56.0 Å². The van der Waals surface area contributed by atoms with Crippen molar-refractivity contribution in [3.8, 4) is 0 Å². The molecule has 1 atom stereocenters. The van der Waals surface area contributed by atoms with Gasteiger partial charge in [0.25, 0.3) is 0 Å². The molecule has 0 radical (unpaired) electrons. The smallest absolute Gasteiger partial charge is 0.410 e. The summed E-state index contributed by atoms with van der Waals surface area (Å²) in [5.41, 5.74) is -0.733. The molecule has 2 heterocycles. The zero-order chi connectivity index (χ0) is 14.9. The average molecular weight is 282 g/mol. The second kappa shape index (κ2) is 5.15. The van der Waals surface area contributed by atoms with E-state index in [1.807, 2.05) is 0 Å². The van der Waals surface area contributed by atoms with Crippen LogP contribution in [-0.2, 0) is 4.74 Å². The molecule has 1 saturated heterocycles. The van der Waals surface area contributed by atoms with Gasteiger partial charge in [0.05, 0.1) is 0 Å². The van der Waals surface area contributed by atoms with Crippen LogP contribution in [0.3, 0.4) is 0 Å². The van der Waals surface area contributed by atoms with E-state index in [-0.39, 0.29) is 17.6 Å². The fraction of sp³-hybridized carbons (Fsp3) is 0.615. The first-order chi connectivity index (χ1) is 9.28. The second-order valence-electron chi connectivity index (χ2n) is 5.71. The molecule has 0 aliphatic carbocycles. The van der Waals surface area contributed by atoms with Gasteiger partial charge < -0.3 is 14.3 Å². The Kier molecular flexibility index (Phi) is 3.69. The number of amides is 1. The highest BCUT2D eigenvalue weighted by Gasteiger charge is 2.36. The van der Waals surface area contributed by atoms with Gasteiger partial charge >= 0.3 is 12.1 Å².